The monoisotopic (exact) mass is 252 g/mol. The summed E-state index contributed by atoms with van der Waals surface area (Å²) in [5, 5.41) is 6.38. The summed E-state index contributed by atoms with van der Waals surface area (Å²) in [7, 11) is 1.70. The third kappa shape index (κ3) is 3.04. The van der Waals surface area contributed by atoms with E-state index in [4.69, 9.17) is 4.74 Å². The average Bonchev–Trinajstić information content (AvgIpc) is 2.97. The number of nitrogens with one attached hydrogen (secondary N) is 1. The van der Waals surface area contributed by atoms with Gasteiger partial charge < -0.3 is 14.6 Å². The van der Waals surface area contributed by atoms with Crippen molar-refractivity contribution in [1.29, 1.82) is 0 Å². The fourth-order valence-corrected chi connectivity index (χ4v) is 2.17. The van der Waals surface area contributed by atoms with Crippen LogP contribution in [0.25, 0.3) is 0 Å². The summed E-state index contributed by atoms with van der Waals surface area (Å²) in [4.78, 5) is 8.57. The molecule has 6 heteroatoms. The van der Waals surface area contributed by atoms with Crippen molar-refractivity contribution in [3.05, 3.63) is 29.0 Å². The van der Waals surface area contributed by atoms with Crippen LogP contribution in [-0.2, 0) is 11.3 Å². The highest BCUT2D eigenvalue weighted by molar-refractivity contribution is 7.09. The summed E-state index contributed by atoms with van der Waals surface area (Å²) < 4.78 is 7.10. The Kier molecular flexibility index (Phi) is 4.11. The molecule has 0 bridgehead atoms. The lowest BCUT2D eigenvalue weighted by molar-refractivity contribution is 0.187. The topological polar surface area (TPSA) is 52.0 Å². The van der Waals surface area contributed by atoms with Gasteiger partial charge in [0, 0.05) is 37.6 Å². The van der Waals surface area contributed by atoms with Crippen molar-refractivity contribution in [2.75, 3.05) is 19.0 Å². The molecular formula is C11H16N4OS. The largest absolute Gasteiger partial charge is 0.383 e. The molecule has 0 spiro atoms. The molecule has 17 heavy (non-hydrogen) atoms. The van der Waals surface area contributed by atoms with Gasteiger partial charge in [-0.1, -0.05) is 0 Å². The second-order valence-corrected chi connectivity index (χ2v) is 4.60. The predicted octanol–water partition coefficient (Wildman–Crippen LogP) is 2.16. The Bertz CT molecular complexity index is 440. The highest BCUT2D eigenvalue weighted by Gasteiger charge is 2.10. The highest BCUT2D eigenvalue weighted by Crippen LogP contribution is 2.19. The Morgan fingerprint density at radius 1 is 1.47 bits per heavy atom. The lowest BCUT2D eigenvalue weighted by Gasteiger charge is -2.13. The maximum absolute atomic E-state index is 5.06. The van der Waals surface area contributed by atoms with E-state index < -0.39 is 0 Å². The average molecular weight is 252 g/mol. The van der Waals surface area contributed by atoms with E-state index in [-0.39, 0.29) is 6.04 Å². The summed E-state index contributed by atoms with van der Waals surface area (Å²) in [6.07, 6.45) is 5.54. The van der Waals surface area contributed by atoms with Crippen LogP contribution in [0.5, 0.6) is 0 Å². The zero-order valence-electron chi connectivity index (χ0n) is 9.96. The lowest BCUT2D eigenvalue weighted by atomic mass is 10.4. The van der Waals surface area contributed by atoms with E-state index in [1.165, 1.54) is 0 Å². The number of imidazole rings is 1. The molecular weight excluding hydrogens is 236 g/mol. The molecule has 0 aliphatic rings. The molecule has 0 saturated carbocycles. The smallest absolute Gasteiger partial charge is 0.203 e. The summed E-state index contributed by atoms with van der Waals surface area (Å²) in [5.41, 5.74) is 0. The van der Waals surface area contributed by atoms with Crippen molar-refractivity contribution >= 4 is 17.3 Å². The molecule has 0 aliphatic heterocycles. The molecule has 2 rings (SSSR count). The quantitative estimate of drug-likeness (QED) is 0.856. The van der Waals surface area contributed by atoms with Gasteiger partial charge in [0.05, 0.1) is 12.6 Å². The van der Waals surface area contributed by atoms with Gasteiger partial charge in [-0.2, -0.15) is 0 Å². The van der Waals surface area contributed by atoms with E-state index in [2.05, 4.69) is 22.2 Å². The van der Waals surface area contributed by atoms with Crippen molar-refractivity contribution in [3.63, 3.8) is 0 Å². The van der Waals surface area contributed by atoms with Gasteiger partial charge in [-0.3, -0.25) is 0 Å². The maximum Gasteiger partial charge on any atom is 0.203 e. The second-order valence-electron chi connectivity index (χ2n) is 3.67. The van der Waals surface area contributed by atoms with Crippen LogP contribution in [0.1, 0.15) is 18.0 Å². The molecule has 0 fully saturated rings. The molecule has 1 atom stereocenters. The van der Waals surface area contributed by atoms with E-state index in [1.807, 2.05) is 22.3 Å². The minimum Gasteiger partial charge on any atom is -0.383 e. The van der Waals surface area contributed by atoms with Gasteiger partial charge in [-0.15, -0.1) is 11.3 Å². The van der Waals surface area contributed by atoms with E-state index >= 15 is 0 Å². The molecule has 2 aromatic heterocycles. The van der Waals surface area contributed by atoms with Crippen molar-refractivity contribution in [2.45, 2.75) is 19.5 Å². The third-order valence-electron chi connectivity index (χ3n) is 2.42. The molecule has 0 radical (unpaired) electrons. The van der Waals surface area contributed by atoms with E-state index in [9.17, 15) is 0 Å². The van der Waals surface area contributed by atoms with Crippen molar-refractivity contribution < 1.29 is 4.74 Å². The number of methoxy groups -OCH3 is 1. The number of ether oxygens (including phenoxy) is 1. The predicted molar refractivity (Wildman–Crippen MR) is 68.3 cm³/mol. The summed E-state index contributed by atoms with van der Waals surface area (Å²) in [5.74, 6) is 0.852. The van der Waals surface area contributed by atoms with Crippen LogP contribution >= 0.6 is 11.3 Å². The zero-order chi connectivity index (χ0) is 12.1. The van der Waals surface area contributed by atoms with Crippen LogP contribution in [0.2, 0.25) is 0 Å². The third-order valence-corrected chi connectivity index (χ3v) is 3.38. The SMILES string of the molecule is COCCn1ccnc1NC(C)c1nccs1. The number of hydrogen-bond acceptors (Lipinski definition) is 5. The van der Waals surface area contributed by atoms with Gasteiger partial charge in [-0.05, 0) is 6.92 Å². The fraction of sp³-hybridized carbons (Fsp3) is 0.455. The van der Waals surface area contributed by atoms with Gasteiger partial charge in [0.25, 0.3) is 0 Å². The summed E-state index contributed by atoms with van der Waals surface area (Å²) in [6.45, 7) is 3.55. The highest BCUT2D eigenvalue weighted by atomic mass is 32.1. The first-order chi connectivity index (χ1) is 8.31. The van der Waals surface area contributed by atoms with Gasteiger partial charge >= 0.3 is 0 Å². The number of rotatable bonds is 6. The lowest BCUT2D eigenvalue weighted by Crippen LogP contribution is -2.13. The molecule has 0 aromatic carbocycles. The molecule has 5 nitrogen and oxygen atoms in total. The van der Waals surface area contributed by atoms with Crippen molar-refractivity contribution in [1.82, 2.24) is 14.5 Å². The normalized spacial score (nSPS) is 12.6. The van der Waals surface area contributed by atoms with E-state index in [1.54, 1.807) is 24.6 Å². The van der Waals surface area contributed by atoms with E-state index in [0.29, 0.717) is 6.61 Å². The minimum absolute atomic E-state index is 0.165. The Morgan fingerprint density at radius 3 is 3.06 bits per heavy atom. The molecule has 0 amide bonds. The first kappa shape index (κ1) is 12.1. The van der Waals surface area contributed by atoms with Gasteiger partial charge in [0.2, 0.25) is 5.95 Å². The van der Waals surface area contributed by atoms with Crippen LogP contribution in [0.3, 0.4) is 0 Å². The molecule has 1 unspecified atom stereocenters. The van der Waals surface area contributed by atoms with Crippen LogP contribution < -0.4 is 5.32 Å². The standard InChI is InChI=1S/C11H16N4OS/c1-9(10-12-4-8-17-10)14-11-13-3-5-15(11)6-7-16-2/h3-5,8-9H,6-7H2,1-2H3,(H,13,14). The Balaban J connectivity index is 2.00. The van der Waals surface area contributed by atoms with E-state index in [0.717, 1.165) is 17.5 Å². The molecule has 2 heterocycles. The minimum atomic E-state index is 0.165. The molecule has 1 N–H and O–H groups in total. The first-order valence-electron chi connectivity index (χ1n) is 5.47. The Hall–Kier alpha value is -1.40. The number of thiazole rings is 1. The van der Waals surface area contributed by atoms with Crippen LogP contribution in [0.15, 0.2) is 24.0 Å². The van der Waals surface area contributed by atoms with Gasteiger partial charge in [0.1, 0.15) is 5.01 Å². The number of anilines is 1. The van der Waals surface area contributed by atoms with Crippen molar-refractivity contribution in [3.8, 4) is 0 Å². The fourth-order valence-electron chi connectivity index (χ4n) is 1.52. The number of nitrogens with zero attached hydrogens (tertiary/aromatic N) is 3. The zero-order valence-corrected chi connectivity index (χ0v) is 10.8. The van der Waals surface area contributed by atoms with Gasteiger partial charge in [0.15, 0.2) is 0 Å². The maximum atomic E-state index is 5.06. The molecule has 0 saturated heterocycles. The second kappa shape index (κ2) is 5.79. The van der Waals surface area contributed by atoms with Crippen LogP contribution in [0, 0.1) is 0 Å². The molecule has 2 aromatic rings. The molecule has 92 valence electrons. The molecule has 0 aliphatic carbocycles. The summed E-state index contributed by atoms with van der Waals surface area (Å²) >= 11 is 1.64. The van der Waals surface area contributed by atoms with Crippen LogP contribution in [-0.4, -0.2) is 28.3 Å². The number of hydrogen-bond donors (Lipinski definition) is 1. The van der Waals surface area contributed by atoms with Gasteiger partial charge in [-0.25, -0.2) is 9.97 Å². The Morgan fingerprint density at radius 2 is 2.35 bits per heavy atom. The summed E-state index contributed by atoms with van der Waals surface area (Å²) in [6, 6.07) is 0.165. The number of aromatic nitrogens is 3. The Labute approximate surface area is 104 Å². The van der Waals surface area contributed by atoms with Crippen LogP contribution in [0.4, 0.5) is 5.95 Å². The first-order valence-corrected chi connectivity index (χ1v) is 6.35. The van der Waals surface area contributed by atoms with Crippen molar-refractivity contribution in [2.24, 2.45) is 0 Å².